The molecule has 2 rings (SSSR count). The van der Waals surface area contributed by atoms with Crippen molar-refractivity contribution in [1.29, 1.82) is 0 Å². The molecule has 0 amide bonds. The van der Waals surface area contributed by atoms with E-state index in [0.717, 1.165) is 18.7 Å². The second-order valence-corrected chi connectivity index (χ2v) is 6.70. The van der Waals surface area contributed by atoms with E-state index in [4.69, 9.17) is 16.3 Å². The minimum atomic E-state index is -4.57. The quantitative estimate of drug-likeness (QED) is 0.400. The number of rotatable bonds is 5. The van der Waals surface area contributed by atoms with E-state index in [1.807, 2.05) is 18.9 Å². The second-order valence-electron chi connectivity index (χ2n) is 5.44. The third-order valence-electron chi connectivity index (χ3n) is 3.46. The monoisotopic (exact) mass is 449 g/mol. The first-order chi connectivity index (χ1) is 12.1. The number of aromatic nitrogens is 1. The summed E-state index contributed by atoms with van der Waals surface area (Å²) in [6.45, 7) is 4.53. The Balaban J connectivity index is 2.31. The molecule has 0 N–H and O–H groups in total. The van der Waals surface area contributed by atoms with E-state index in [1.54, 1.807) is 19.3 Å². The number of benzene rings is 1. The van der Waals surface area contributed by atoms with Gasteiger partial charge in [0.1, 0.15) is 5.75 Å². The highest BCUT2D eigenvalue weighted by Crippen LogP contribution is 2.39. The van der Waals surface area contributed by atoms with Gasteiger partial charge in [0, 0.05) is 13.6 Å². The second kappa shape index (κ2) is 8.26. The number of hydrogen-bond donors (Lipinski definition) is 0. The Kier molecular flexibility index (Phi) is 6.52. The van der Waals surface area contributed by atoms with Crippen LogP contribution in [0.25, 0.3) is 0 Å². The van der Waals surface area contributed by atoms with Gasteiger partial charge in [0.05, 0.1) is 32.8 Å². The van der Waals surface area contributed by atoms with E-state index >= 15 is 0 Å². The predicted octanol–water partition coefficient (Wildman–Crippen LogP) is 6.23. The highest BCUT2D eigenvalue weighted by molar-refractivity contribution is 9.10. The maximum atomic E-state index is 13.0. The van der Waals surface area contributed by atoms with Crippen LogP contribution < -0.4 is 4.74 Å². The maximum absolute atomic E-state index is 13.0. The van der Waals surface area contributed by atoms with Gasteiger partial charge in [-0.15, -0.1) is 0 Å². The SMILES string of the molecule is CCN(C)/C=N/c1cc(Br)c(Oc2ccc(Cl)c(C(F)(F)F)c2)nc1C. The van der Waals surface area contributed by atoms with Crippen molar-refractivity contribution >= 4 is 39.6 Å². The average molecular weight is 451 g/mol. The number of aliphatic imine (C=N–C) groups is 1. The van der Waals surface area contributed by atoms with E-state index < -0.39 is 16.8 Å². The summed E-state index contributed by atoms with van der Waals surface area (Å²) >= 11 is 8.93. The molecule has 140 valence electrons. The third kappa shape index (κ3) is 5.11. The van der Waals surface area contributed by atoms with E-state index in [9.17, 15) is 13.2 Å². The maximum Gasteiger partial charge on any atom is 0.417 e. The Hall–Kier alpha value is -1.80. The molecule has 26 heavy (non-hydrogen) atoms. The molecule has 0 bridgehead atoms. The van der Waals surface area contributed by atoms with E-state index in [0.29, 0.717) is 15.9 Å². The van der Waals surface area contributed by atoms with Crippen LogP contribution in [0.15, 0.2) is 33.7 Å². The molecular formula is C17H16BrClF3N3O. The summed E-state index contributed by atoms with van der Waals surface area (Å²) in [5.74, 6) is 0.122. The zero-order valence-corrected chi connectivity index (χ0v) is 16.6. The summed E-state index contributed by atoms with van der Waals surface area (Å²) in [5.41, 5.74) is 0.235. The molecule has 0 saturated heterocycles. The van der Waals surface area contributed by atoms with Gasteiger partial charge < -0.3 is 9.64 Å². The molecular weight excluding hydrogens is 435 g/mol. The Morgan fingerprint density at radius 2 is 2.04 bits per heavy atom. The molecule has 0 spiro atoms. The van der Waals surface area contributed by atoms with Gasteiger partial charge in [-0.05, 0) is 54.0 Å². The molecule has 1 aromatic carbocycles. The van der Waals surface area contributed by atoms with Gasteiger partial charge in [-0.3, -0.25) is 0 Å². The predicted molar refractivity (Wildman–Crippen MR) is 99.7 cm³/mol. The van der Waals surface area contributed by atoms with Crippen molar-refractivity contribution in [2.24, 2.45) is 4.99 Å². The van der Waals surface area contributed by atoms with Gasteiger partial charge in [0.2, 0.25) is 5.88 Å². The van der Waals surface area contributed by atoms with Gasteiger partial charge >= 0.3 is 6.18 Å². The third-order valence-corrected chi connectivity index (χ3v) is 4.36. The number of aryl methyl sites for hydroxylation is 1. The Morgan fingerprint density at radius 3 is 2.65 bits per heavy atom. The van der Waals surface area contributed by atoms with Crippen LogP contribution in [-0.4, -0.2) is 29.8 Å². The molecule has 0 fully saturated rings. The van der Waals surface area contributed by atoms with Crippen molar-refractivity contribution in [1.82, 2.24) is 9.88 Å². The molecule has 4 nitrogen and oxygen atoms in total. The Bertz CT molecular complexity index is 828. The summed E-state index contributed by atoms with van der Waals surface area (Å²) in [6, 6.07) is 5.02. The van der Waals surface area contributed by atoms with Crippen LogP contribution in [0.1, 0.15) is 18.2 Å². The molecule has 0 atom stereocenters. The van der Waals surface area contributed by atoms with Crippen LogP contribution in [0.2, 0.25) is 5.02 Å². The van der Waals surface area contributed by atoms with Crippen LogP contribution in [0, 0.1) is 6.92 Å². The fourth-order valence-corrected chi connectivity index (χ4v) is 2.50. The number of pyridine rings is 1. The zero-order valence-electron chi connectivity index (χ0n) is 14.2. The lowest BCUT2D eigenvalue weighted by atomic mass is 10.2. The van der Waals surface area contributed by atoms with E-state index in [-0.39, 0.29) is 11.6 Å². The van der Waals surface area contributed by atoms with Crippen molar-refractivity contribution in [3.05, 3.63) is 45.0 Å². The molecule has 2 aromatic rings. The van der Waals surface area contributed by atoms with E-state index in [1.165, 1.54) is 6.07 Å². The first kappa shape index (κ1) is 20.5. The highest BCUT2D eigenvalue weighted by atomic mass is 79.9. The van der Waals surface area contributed by atoms with Crippen LogP contribution >= 0.6 is 27.5 Å². The molecule has 9 heteroatoms. The molecule has 1 heterocycles. The first-order valence-electron chi connectivity index (χ1n) is 7.58. The number of alkyl halides is 3. The number of hydrogen-bond acceptors (Lipinski definition) is 3. The normalized spacial score (nSPS) is 11.8. The first-order valence-corrected chi connectivity index (χ1v) is 8.75. The van der Waals surface area contributed by atoms with Gasteiger partial charge in [0.25, 0.3) is 0 Å². The minimum Gasteiger partial charge on any atom is -0.438 e. The number of ether oxygens (including phenoxy) is 1. The highest BCUT2D eigenvalue weighted by Gasteiger charge is 2.33. The van der Waals surface area contributed by atoms with E-state index in [2.05, 4.69) is 25.9 Å². The zero-order chi connectivity index (χ0) is 19.5. The molecule has 1 aromatic heterocycles. The Morgan fingerprint density at radius 1 is 1.35 bits per heavy atom. The minimum absolute atomic E-state index is 0.0173. The lowest BCUT2D eigenvalue weighted by Gasteiger charge is -2.13. The van der Waals surface area contributed by atoms with Crippen molar-refractivity contribution in [3.8, 4) is 11.6 Å². The van der Waals surface area contributed by atoms with Crippen LogP contribution in [0.4, 0.5) is 18.9 Å². The molecule has 0 saturated carbocycles. The van der Waals surface area contributed by atoms with Gasteiger partial charge in [0.15, 0.2) is 0 Å². The summed E-state index contributed by atoms with van der Waals surface area (Å²) in [5, 5.41) is -0.391. The van der Waals surface area contributed by atoms with Crippen LogP contribution in [0.5, 0.6) is 11.6 Å². The number of nitrogens with zero attached hydrogens (tertiary/aromatic N) is 3. The average Bonchev–Trinajstić information content (AvgIpc) is 2.56. The molecule has 0 aliphatic carbocycles. The largest absolute Gasteiger partial charge is 0.438 e. The number of halogens is 5. The topological polar surface area (TPSA) is 37.7 Å². The summed E-state index contributed by atoms with van der Waals surface area (Å²) < 4.78 is 44.8. The molecule has 0 aliphatic rings. The standard InChI is InChI=1S/C17H16BrClF3N3O/c1-4-25(3)9-23-15-8-13(18)16(24-10(15)2)26-11-5-6-14(19)12(7-11)17(20,21)22/h5-9H,4H2,1-3H3/b23-9+. The summed E-state index contributed by atoms with van der Waals surface area (Å²) in [4.78, 5) is 10.5. The molecule has 0 unspecified atom stereocenters. The molecule has 0 radical (unpaired) electrons. The summed E-state index contributed by atoms with van der Waals surface area (Å²) in [7, 11) is 1.89. The lowest BCUT2D eigenvalue weighted by Crippen LogP contribution is -2.14. The molecule has 0 aliphatic heterocycles. The van der Waals surface area contributed by atoms with Crippen molar-refractivity contribution in [3.63, 3.8) is 0 Å². The van der Waals surface area contributed by atoms with Crippen molar-refractivity contribution in [2.75, 3.05) is 13.6 Å². The lowest BCUT2D eigenvalue weighted by molar-refractivity contribution is -0.137. The van der Waals surface area contributed by atoms with Crippen molar-refractivity contribution in [2.45, 2.75) is 20.0 Å². The van der Waals surface area contributed by atoms with Gasteiger partial charge in [-0.1, -0.05) is 11.6 Å². The summed E-state index contributed by atoms with van der Waals surface area (Å²) in [6.07, 6.45) is -2.90. The van der Waals surface area contributed by atoms with Gasteiger partial charge in [-0.25, -0.2) is 9.98 Å². The van der Waals surface area contributed by atoms with Crippen LogP contribution in [0.3, 0.4) is 0 Å². The van der Waals surface area contributed by atoms with Crippen LogP contribution in [-0.2, 0) is 6.18 Å². The van der Waals surface area contributed by atoms with Gasteiger partial charge in [-0.2, -0.15) is 13.2 Å². The fourth-order valence-electron chi connectivity index (χ4n) is 1.89. The fraction of sp³-hybridized carbons (Fsp3) is 0.294. The smallest absolute Gasteiger partial charge is 0.417 e. The van der Waals surface area contributed by atoms with Crippen molar-refractivity contribution < 1.29 is 17.9 Å². The Labute approximate surface area is 162 Å².